The van der Waals surface area contributed by atoms with E-state index in [1.54, 1.807) is 0 Å². The van der Waals surface area contributed by atoms with Crippen LogP contribution in [0.3, 0.4) is 0 Å². The first-order valence-corrected chi connectivity index (χ1v) is 18.1. The number of carbonyl (C=O) groups excluding carboxylic acids is 4. The number of likely N-dealkylation sites (tertiary alicyclic amines) is 2. The monoisotopic (exact) mass is 644 g/mol. The summed E-state index contributed by atoms with van der Waals surface area (Å²) in [4.78, 5) is 62.4. The lowest BCUT2D eigenvalue weighted by Crippen LogP contribution is -2.74. The highest BCUT2D eigenvalue weighted by Gasteiger charge is 2.67. The minimum absolute atomic E-state index is 0.0406. The third-order valence-electron chi connectivity index (χ3n) is 14.7. The van der Waals surface area contributed by atoms with Gasteiger partial charge in [0.1, 0.15) is 11.1 Å². The zero-order valence-corrected chi connectivity index (χ0v) is 31.1. The molecular formula is C36H64N6O4. The highest BCUT2D eigenvalue weighted by Crippen LogP contribution is 2.52. The molecule has 4 aliphatic heterocycles. The summed E-state index contributed by atoms with van der Waals surface area (Å²) in [5, 5.41) is 6.38. The molecule has 0 aromatic carbocycles. The third-order valence-corrected chi connectivity index (χ3v) is 14.7. The van der Waals surface area contributed by atoms with Crippen molar-refractivity contribution in [1.29, 1.82) is 0 Å². The summed E-state index contributed by atoms with van der Waals surface area (Å²) >= 11 is 0. The molecule has 4 aliphatic rings. The number of amides is 6. The molecule has 10 heteroatoms. The Balaban J connectivity index is 1.35. The first-order valence-electron chi connectivity index (χ1n) is 18.1. The summed E-state index contributed by atoms with van der Waals surface area (Å²) in [7, 11) is 4.32. The predicted octanol–water partition coefficient (Wildman–Crippen LogP) is 5.75. The first kappa shape index (κ1) is 36.6. The Labute approximate surface area is 278 Å². The molecule has 2 N–H and O–H groups in total. The van der Waals surface area contributed by atoms with Crippen molar-refractivity contribution in [2.75, 3.05) is 27.2 Å². The van der Waals surface area contributed by atoms with Crippen molar-refractivity contribution >= 4 is 23.9 Å². The van der Waals surface area contributed by atoms with Crippen molar-refractivity contribution < 1.29 is 19.2 Å². The Kier molecular flexibility index (Phi) is 9.84. The van der Waals surface area contributed by atoms with E-state index < -0.39 is 11.1 Å². The van der Waals surface area contributed by atoms with Crippen LogP contribution in [0.1, 0.15) is 133 Å². The molecule has 2 spiro atoms. The summed E-state index contributed by atoms with van der Waals surface area (Å²) in [5.74, 6) is -0.262. The maximum Gasteiger partial charge on any atom is 0.325 e. The van der Waals surface area contributed by atoms with Gasteiger partial charge < -0.3 is 10.6 Å². The van der Waals surface area contributed by atoms with E-state index in [0.717, 1.165) is 38.5 Å². The fraction of sp³-hybridized carbons (Fsp3) is 0.889. The number of rotatable bonds is 11. The summed E-state index contributed by atoms with van der Waals surface area (Å²) in [6, 6.07) is -0.568. The normalized spacial score (nSPS) is 42.1. The lowest BCUT2D eigenvalue weighted by molar-refractivity contribution is -0.151. The Morgan fingerprint density at radius 2 is 0.913 bits per heavy atom. The number of imide groups is 2. The molecule has 0 aromatic heterocycles. The SMILES string of the molecule is CCC1(C)CC2(NC(=O)N(CCCCCCN3C(=O)NC4(CC(C)(CC)N(C)C(C)(CC)C4C)C3=O)C2=O)C(C)C(C)(CC)N1C. The van der Waals surface area contributed by atoms with E-state index >= 15 is 0 Å². The molecule has 10 nitrogen and oxygen atoms in total. The molecule has 4 rings (SSSR count). The van der Waals surface area contributed by atoms with Crippen LogP contribution in [0, 0.1) is 11.8 Å². The van der Waals surface area contributed by atoms with Gasteiger partial charge in [-0.15, -0.1) is 0 Å². The standard InChI is InChI=1S/C36H64N6O4/c1-13-31(7)23-35(25(5)33(9,15-3)39(31)11)27(43)41(29(45)37-35)21-19-17-18-20-22-42-28(44)36(38-30(42)46)24-32(8,14-2)40(12)34(10,16-4)26(36)6/h25-26H,13-24H2,1-12H3,(H,37,45)(H,38,46). The van der Waals surface area contributed by atoms with Crippen LogP contribution in [0.2, 0.25) is 0 Å². The quantitative estimate of drug-likeness (QED) is 0.219. The fourth-order valence-corrected chi connectivity index (χ4v) is 9.85. The molecule has 0 aliphatic carbocycles. The lowest BCUT2D eigenvalue weighted by Gasteiger charge is -2.62. The minimum atomic E-state index is -0.898. The molecule has 8 unspecified atom stereocenters. The van der Waals surface area contributed by atoms with Crippen LogP contribution >= 0.6 is 0 Å². The molecule has 262 valence electrons. The van der Waals surface area contributed by atoms with Crippen molar-refractivity contribution in [1.82, 2.24) is 30.2 Å². The van der Waals surface area contributed by atoms with E-state index in [2.05, 4.69) is 104 Å². The number of carbonyl (C=O) groups is 4. The van der Waals surface area contributed by atoms with E-state index in [0.29, 0.717) is 38.8 Å². The molecule has 0 aromatic rings. The fourth-order valence-electron chi connectivity index (χ4n) is 9.85. The Hall–Kier alpha value is -2.20. The smallest absolute Gasteiger partial charge is 0.323 e. The topological polar surface area (TPSA) is 105 Å². The molecule has 4 saturated heterocycles. The second kappa shape index (κ2) is 12.4. The highest BCUT2D eigenvalue weighted by atomic mass is 16.2. The number of hydrogen-bond acceptors (Lipinski definition) is 6. The van der Waals surface area contributed by atoms with Crippen molar-refractivity contribution in [3.63, 3.8) is 0 Å². The van der Waals surface area contributed by atoms with Crippen molar-refractivity contribution in [3.8, 4) is 0 Å². The summed E-state index contributed by atoms with van der Waals surface area (Å²) in [6.07, 6.45) is 7.74. The second-order valence-corrected chi connectivity index (χ2v) is 16.2. The maximum absolute atomic E-state index is 14.0. The average molecular weight is 645 g/mol. The van der Waals surface area contributed by atoms with E-state index in [1.807, 2.05) is 0 Å². The van der Waals surface area contributed by atoms with Gasteiger partial charge >= 0.3 is 12.1 Å². The zero-order valence-electron chi connectivity index (χ0n) is 31.1. The highest BCUT2D eigenvalue weighted by molar-refractivity contribution is 6.08. The summed E-state index contributed by atoms with van der Waals surface area (Å²) in [6.45, 7) is 22.5. The van der Waals surface area contributed by atoms with Crippen LogP contribution in [0.15, 0.2) is 0 Å². The molecule has 4 heterocycles. The van der Waals surface area contributed by atoms with Gasteiger partial charge in [-0.1, -0.05) is 54.4 Å². The van der Waals surface area contributed by atoms with E-state index in [1.165, 1.54) is 9.80 Å². The largest absolute Gasteiger partial charge is 0.325 e. The van der Waals surface area contributed by atoms with Crippen LogP contribution in [-0.2, 0) is 9.59 Å². The number of nitrogens with one attached hydrogen (secondary N) is 2. The molecule has 4 fully saturated rings. The van der Waals surface area contributed by atoms with Crippen LogP contribution in [0.4, 0.5) is 9.59 Å². The Morgan fingerprint density at radius 3 is 1.20 bits per heavy atom. The molecular weight excluding hydrogens is 580 g/mol. The van der Waals surface area contributed by atoms with Crippen LogP contribution < -0.4 is 10.6 Å². The molecule has 0 saturated carbocycles. The van der Waals surface area contributed by atoms with E-state index in [4.69, 9.17) is 0 Å². The summed E-state index contributed by atoms with van der Waals surface area (Å²) in [5.41, 5.74) is -2.66. The maximum atomic E-state index is 14.0. The number of unbranched alkanes of at least 4 members (excludes halogenated alkanes) is 3. The predicted molar refractivity (Wildman–Crippen MR) is 182 cm³/mol. The van der Waals surface area contributed by atoms with Gasteiger partial charge in [0.2, 0.25) is 0 Å². The Bertz CT molecular complexity index is 1140. The minimum Gasteiger partial charge on any atom is -0.323 e. The van der Waals surface area contributed by atoms with Crippen LogP contribution in [0.25, 0.3) is 0 Å². The molecule has 0 bridgehead atoms. The van der Waals surface area contributed by atoms with E-state index in [-0.39, 0.29) is 57.9 Å². The second-order valence-electron chi connectivity index (χ2n) is 16.2. The average Bonchev–Trinajstić information content (AvgIpc) is 3.41. The van der Waals surface area contributed by atoms with Gasteiger partial charge in [0, 0.05) is 47.1 Å². The molecule has 46 heavy (non-hydrogen) atoms. The van der Waals surface area contributed by atoms with Gasteiger partial charge in [-0.2, -0.15) is 0 Å². The van der Waals surface area contributed by atoms with Crippen molar-refractivity contribution in [2.45, 2.75) is 167 Å². The van der Waals surface area contributed by atoms with Crippen LogP contribution in [-0.4, -0.2) is 104 Å². The van der Waals surface area contributed by atoms with Gasteiger partial charge in [0.25, 0.3) is 11.8 Å². The van der Waals surface area contributed by atoms with Gasteiger partial charge in [-0.3, -0.25) is 29.2 Å². The first-order chi connectivity index (χ1) is 21.3. The number of nitrogens with zero attached hydrogens (tertiary/aromatic N) is 4. The van der Waals surface area contributed by atoms with Crippen LogP contribution in [0.5, 0.6) is 0 Å². The molecule has 8 atom stereocenters. The molecule has 6 amide bonds. The third kappa shape index (κ3) is 5.10. The number of urea groups is 2. The van der Waals surface area contributed by atoms with Crippen molar-refractivity contribution in [2.24, 2.45) is 11.8 Å². The lowest BCUT2D eigenvalue weighted by atomic mass is 9.60. The van der Waals surface area contributed by atoms with E-state index in [9.17, 15) is 19.2 Å². The number of piperidine rings is 2. The van der Waals surface area contributed by atoms with Gasteiger partial charge in [-0.25, -0.2) is 9.59 Å². The molecule has 0 radical (unpaired) electrons. The van der Waals surface area contributed by atoms with Crippen molar-refractivity contribution in [3.05, 3.63) is 0 Å². The summed E-state index contributed by atoms with van der Waals surface area (Å²) < 4.78 is 0. The van der Waals surface area contributed by atoms with Gasteiger partial charge in [0.15, 0.2) is 0 Å². The number of hydrogen-bond donors (Lipinski definition) is 2. The van der Waals surface area contributed by atoms with Gasteiger partial charge in [0.05, 0.1) is 0 Å². The van der Waals surface area contributed by atoms with Gasteiger partial charge in [-0.05, 0) is 93.2 Å². The zero-order chi connectivity index (χ0) is 34.7. The Morgan fingerprint density at radius 1 is 0.587 bits per heavy atom.